The molecule has 1 aromatic heterocycles. The molecule has 0 amide bonds. The van der Waals surface area contributed by atoms with Crippen molar-refractivity contribution in [3.63, 3.8) is 0 Å². The molecular weight excluding hydrogens is 343 g/mol. The van der Waals surface area contributed by atoms with Gasteiger partial charge >= 0.3 is 7.82 Å². The van der Waals surface area contributed by atoms with Gasteiger partial charge in [-0.3, -0.25) is 4.52 Å². The Kier molecular flexibility index (Phi) is 5.26. The average molecular weight is 357 g/mol. The Balaban J connectivity index is 2.38. The van der Waals surface area contributed by atoms with Crippen LogP contribution in [-0.2, 0) is 15.5 Å². The zero-order chi connectivity index (χ0) is 17.2. The summed E-state index contributed by atoms with van der Waals surface area (Å²) < 4.78 is 15.6. The maximum Gasteiger partial charge on any atom is 0.469 e. The van der Waals surface area contributed by atoms with Crippen molar-refractivity contribution >= 4 is 25.2 Å². The zero-order valence-electron chi connectivity index (χ0n) is 12.2. The van der Waals surface area contributed by atoms with E-state index in [0.717, 1.165) is 0 Å². The molecule has 0 aromatic carbocycles. The summed E-state index contributed by atoms with van der Waals surface area (Å²) in [4.78, 5) is 23.6. The van der Waals surface area contributed by atoms with Crippen molar-refractivity contribution < 1.29 is 18.9 Å². The lowest BCUT2D eigenvalue weighted by atomic mass is 10.0. The maximum absolute atomic E-state index is 10.9. The molecule has 1 unspecified atom stereocenters. The number of nitrogens with zero attached hydrogens (tertiary/aromatic N) is 4. The number of phosphoric acid groups is 1. The van der Waals surface area contributed by atoms with E-state index in [1.54, 1.807) is 11.8 Å². The highest BCUT2D eigenvalue weighted by Gasteiger charge is 2.32. The molecule has 0 spiro atoms. The van der Waals surface area contributed by atoms with Gasteiger partial charge in [0, 0.05) is 13.1 Å². The molecule has 122 valence electrons. The Morgan fingerprint density at radius 2 is 2.09 bits per heavy atom. The van der Waals surface area contributed by atoms with Crippen molar-refractivity contribution in [2.24, 2.45) is 0 Å². The number of rotatable bonds is 4. The Morgan fingerprint density at radius 1 is 1.43 bits per heavy atom. The summed E-state index contributed by atoms with van der Waals surface area (Å²) in [5.41, 5.74) is 0.950. The van der Waals surface area contributed by atoms with Crippen molar-refractivity contribution in [3.05, 3.63) is 21.8 Å². The largest absolute Gasteiger partial charge is 0.469 e. The van der Waals surface area contributed by atoms with Crippen LogP contribution in [0.25, 0.3) is 0 Å². The number of halogens is 1. The molecule has 23 heavy (non-hydrogen) atoms. The summed E-state index contributed by atoms with van der Waals surface area (Å²) in [5.74, 6) is 0.310. The molecule has 2 N–H and O–H groups in total. The van der Waals surface area contributed by atoms with E-state index in [-0.39, 0.29) is 22.8 Å². The Bertz CT molecular complexity index is 752. The lowest BCUT2D eigenvalue weighted by Crippen LogP contribution is -2.25. The van der Waals surface area contributed by atoms with Crippen LogP contribution in [0.1, 0.15) is 30.0 Å². The average Bonchev–Trinajstić information content (AvgIpc) is 2.91. The Hall–Kier alpha value is -1.67. The van der Waals surface area contributed by atoms with Crippen LogP contribution in [-0.4, -0.2) is 34.0 Å². The Labute approximate surface area is 138 Å². The maximum atomic E-state index is 10.9. The van der Waals surface area contributed by atoms with Gasteiger partial charge < -0.3 is 14.7 Å². The molecule has 2 heterocycles. The van der Waals surface area contributed by atoms with Gasteiger partial charge in [-0.2, -0.15) is 10.5 Å². The van der Waals surface area contributed by atoms with Crippen LogP contribution in [0.3, 0.4) is 0 Å². The zero-order valence-corrected chi connectivity index (χ0v) is 13.9. The van der Waals surface area contributed by atoms with Crippen LogP contribution in [0.4, 0.5) is 5.82 Å². The second-order valence-electron chi connectivity index (χ2n) is 4.98. The number of nitriles is 2. The van der Waals surface area contributed by atoms with E-state index < -0.39 is 13.9 Å². The van der Waals surface area contributed by atoms with Crippen molar-refractivity contribution in [1.29, 1.82) is 10.5 Å². The van der Waals surface area contributed by atoms with Crippen LogP contribution >= 0.6 is 19.4 Å². The van der Waals surface area contributed by atoms with Crippen molar-refractivity contribution in [2.75, 3.05) is 18.0 Å². The highest BCUT2D eigenvalue weighted by molar-refractivity contribution is 7.46. The van der Waals surface area contributed by atoms with Gasteiger partial charge in [0.05, 0.1) is 17.2 Å². The first-order chi connectivity index (χ1) is 10.8. The summed E-state index contributed by atoms with van der Waals surface area (Å²) in [7, 11) is -4.57. The monoisotopic (exact) mass is 356 g/mol. The second kappa shape index (κ2) is 6.84. The number of hydrogen-bond donors (Lipinski definition) is 2. The van der Waals surface area contributed by atoms with Crippen LogP contribution in [0.2, 0.25) is 5.15 Å². The third kappa shape index (κ3) is 3.81. The fourth-order valence-corrected chi connectivity index (χ4v) is 3.40. The molecule has 2 rings (SSSR count). The van der Waals surface area contributed by atoms with Gasteiger partial charge in [-0.15, -0.1) is 0 Å². The van der Waals surface area contributed by atoms with E-state index in [1.165, 1.54) is 0 Å². The molecule has 0 bridgehead atoms. The number of hydrogen-bond acceptors (Lipinski definition) is 6. The third-order valence-corrected chi connectivity index (χ3v) is 4.39. The summed E-state index contributed by atoms with van der Waals surface area (Å²) in [6, 6.07) is 4.00. The fourth-order valence-electron chi connectivity index (χ4n) is 2.60. The molecule has 1 saturated heterocycles. The van der Waals surface area contributed by atoms with Crippen LogP contribution < -0.4 is 4.90 Å². The van der Waals surface area contributed by atoms with Gasteiger partial charge in [0.25, 0.3) is 0 Å². The van der Waals surface area contributed by atoms with Crippen LogP contribution in [0.15, 0.2) is 0 Å². The minimum absolute atomic E-state index is 0.0118. The summed E-state index contributed by atoms with van der Waals surface area (Å²) >= 11 is 6.04. The predicted molar refractivity (Wildman–Crippen MR) is 81.8 cm³/mol. The summed E-state index contributed by atoms with van der Waals surface area (Å²) in [6.07, 6.45) is 0.164. The standard InChI is InChI=1S/C13H14ClN4O4P/c1-2-9-10(5-15)12(14)17-13(11(9)6-16)18-4-3-8(7-18)22-23(19,20)21/h8H,2-4,7H2,1H3,(H2,19,20,21). The molecular formula is C13H14ClN4O4P. The first kappa shape index (κ1) is 17.7. The third-order valence-electron chi connectivity index (χ3n) is 3.55. The molecule has 0 radical (unpaired) electrons. The molecule has 0 aliphatic carbocycles. The van der Waals surface area contributed by atoms with E-state index in [0.29, 0.717) is 30.8 Å². The predicted octanol–water partition coefficient (Wildman–Crippen LogP) is 1.73. The minimum atomic E-state index is -4.57. The first-order valence-electron chi connectivity index (χ1n) is 6.82. The van der Waals surface area contributed by atoms with Gasteiger partial charge in [-0.25, -0.2) is 9.55 Å². The minimum Gasteiger partial charge on any atom is -0.353 e. The molecule has 1 fully saturated rings. The molecule has 1 aliphatic rings. The Morgan fingerprint density at radius 3 is 2.61 bits per heavy atom. The van der Waals surface area contributed by atoms with Gasteiger partial charge in [0.1, 0.15) is 23.1 Å². The topological polar surface area (TPSA) is 130 Å². The highest BCUT2D eigenvalue weighted by atomic mass is 35.5. The number of phosphoric ester groups is 1. The number of pyridine rings is 1. The smallest absolute Gasteiger partial charge is 0.353 e. The fraction of sp³-hybridized carbons (Fsp3) is 0.462. The number of anilines is 1. The molecule has 1 aliphatic heterocycles. The van der Waals surface area contributed by atoms with Gasteiger partial charge in [0.2, 0.25) is 0 Å². The first-order valence-corrected chi connectivity index (χ1v) is 8.73. The van der Waals surface area contributed by atoms with Gasteiger partial charge in [0.15, 0.2) is 0 Å². The van der Waals surface area contributed by atoms with E-state index in [1.807, 2.05) is 12.1 Å². The van der Waals surface area contributed by atoms with Gasteiger partial charge in [-0.1, -0.05) is 18.5 Å². The molecule has 8 nitrogen and oxygen atoms in total. The lowest BCUT2D eigenvalue weighted by molar-refractivity contribution is 0.146. The summed E-state index contributed by atoms with van der Waals surface area (Å²) in [6.45, 7) is 2.40. The SMILES string of the molecule is CCc1c(C#N)c(Cl)nc(N2CCC(OP(=O)(O)O)C2)c1C#N. The lowest BCUT2D eigenvalue weighted by Gasteiger charge is -2.21. The number of aromatic nitrogens is 1. The van der Waals surface area contributed by atoms with E-state index in [4.69, 9.17) is 21.4 Å². The van der Waals surface area contributed by atoms with E-state index >= 15 is 0 Å². The van der Waals surface area contributed by atoms with Crippen LogP contribution in [0.5, 0.6) is 0 Å². The quantitative estimate of drug-likeness (QED) is 0.616. The van der Waals surface area contributed by atoms with E-state index in [2.05, 4.69) is 9.51 Å². The summed E-state index contributed by atoms with van der Waals surface area (Å²) in [5, 5.41) is 18.6. The van der Waals surface area contributed by atoms with E-state index in [9.17, 15) is 15.1 Å². The molecule has 0 saturated carbocycles. The molecule has 1 atom stereocenters. The van der Waals surface area contributed by atoms with Crippen molar-refractivity contribution in [3.8, 4) is 12.1 Å². The molecule has 1 aromatic rings. The van der Waals surface area contributed by atoms with Crippen molar-refractivity contribution in [1.82, 2.24) is 4.98 Å². The highest BCUT2D eigenvalue weighted by Crippen LogP contribution is 2.40. The van der Waals surface area contributed by atoms with Crippen LogP contribution in [0, 0.1) is 22.7 Å². The van der Waals surface area contributed by atoms with Gasteiger partial charge in [-0.05, 0) is 18.4 Å². The molecule has 10 heteroatoms. The second-order valence-corrected chi connectivity index (χ2v) is 6.53. The normalized spacial score (nSPS) is 17.8. The van der Waals surface area contributed by atoms with Crippen molar-refractivity contribution in [2.45, 2.75) is 25.9 Å².